The average Bonchev–Trinajstić information content (AvgIpc) is 3.05. The van der Waals surface area contributed by atoms with Gasteiger partial charge in [0, 0.05) is 7.05 Å². The van der Waals surface area contributed by atoms with Gasteiger partial charge in [-0.2, -0.15) is 0 Å². The predicted molar refractivity (Wildman–Crippen MR) is 76.7 cm³/mol. The van der Waals surface area contributed by atoms with Crippen molar-refractivity contribution in [3.05, 3.63) is 48.5 Å². The lowest BCUT2D eigenvalue weighted by Crippen LogP contribution is -1.99. The SMILES string of the molecule is Cn1cncc1-c1nc(C(=O)O)c(-c2ccccc2)s1. The number of carboxylic acids is 1. The molecule has 0 radical (unpaired) electrons. The van der Waals surface area contributed by atoms with Crippen LogP contribution in [0.25, 0.3) is 21.1 Å². The Morgan fingerprint density at radius 3 is 2.65 bits per heavy atom. The lowest BCUT2D eigenvalue weighted by molar-refractivity contribution is 0.0692. The van der Waals surface area contributed by atoms with Gasteiger partial charge in [0.05, 0.1) is 23.1 Å². The normalized spacial score (nSPS) is 10.7. The molecule has 100 valence electrons. The van der Waals surface area contributed by atoms with Crippen LogP contribution in [0, 0.1) is 0 Å². The molecule has 20 heavy (non-hydrogen) atoms. The van der Waals surface area contributed by atoms with E-state index in [0.29, 0.717) is 9.88 Å². The van der Waals surface area contributed by atoms with Crippen molar-refractivity contribution in [3.8, 4) is 21.1 Å². The fourth-order valence-electron chi connectivity index (χ4n) is 1.92. The fourth-order valence-corrected chi connectivity index (χ4v) is 3.04. The van der Waals surface area contributed by atoms with Crippen molar-refractivity contribution in [3.63, 3.8) is 0 Å². The summed E-state index contributed by atoms with van der Waals surface area (Å²) in [5, 5.41) is 9.98. The number of imidazole rings is 1. The molecule has 0 spiro atoms. The Labute approximate surface area is 119 Å². The van der Waals surface area contributed by atoms with Gasteiger partial charge >= 0.3 is 5.97 Å². The second kappa shape index (κ2) is 4.90. The molecular formula is C14H11N3O2S. The van der Waals surface area contributed by atoms with Crippen LogP contribution in [0.15, 0.2) is 42.9 Å². The molecule has 0 bridgehead atoms. The van der Waals surface area contributed by atoms with Gasteiger partial charge in [-0.25, -0.2) is 14.8 Å². The molecule has 3 rings (SSSR count). The molecule has 0 aliphatic heterocycles. The van der Waals surface area contributed by atoms with E-state index in [1.165, 1.54) is 11.3 Å². The van der Waals surface area contributed by atoms with Crippen LogP contribution in [-0.4, -0.2) is 25.6 Å². The Balaban J connectivity index is 2.18. The Morgan fingerprint density at radius 1 is 1.30 bits per heavy atom. The first-order chi connectivity index (χ1) is 9.66. The monoisotopic (exact) mass is 285 g/mol. The number of hydrogen-bond acceptors (Lipinski definition) is 4. The van der Waals surface area contributed by atoms with Crippen molar-refractivity contribution in [1.29, 1.82) is 0 Å². The van der Waals surface area contributed by atoms with Gasteiger partial charge in [0.15, 0.2) is 5.69 Å². The van der Waals surface area contributed by atoms with E-state index in [9.17, 15) is 9.90 Å². The highest BCUT2D eigenvalue weighted by Crippen LogP contribution is 2.35. The molecule has 0 aliphatic rings. The number of benzene rings is 1. The molecular weight excluding hydrogens is 274 g/mol. The third-order valence-electron chi connectivity index (χ3n) is 2.90. The number of hydrogen-bond donors (Lipinski definition) is 1. The Morgan fingerprint density at radius 2 is 2.05 bits per heavy atom. The van der Waals surface area contributed by atoms with Crippen molar-refractivity contribution in [2.24, 2.45) is 7.05 Å². The highest BCUT2D eigenvalue weighted by molar-refractivity contribution is 7.18. The standard InChI is InChI=1S/C14H11N3O2S/c1-17-8-15-7-10(17)13-16-11(14(18)19)12(20-13)9-5-3-2-4-6-9/h2-8H,1H3,(H,18,19). The van der Waals surface area contributed by atoms with Gasteiger partial charge in [-0.1, -0.05) is 30.3 Å². The van der Waals surface area contributed by atoms with Crippen LogP contribution in [-0.2, 0) is 7.05 Å². The van der Waals surface area contributed by atoms with Crippen LogP contribution in [0.4, 0.5) is 0 Å². The average molecular weight is 285 g/mol. The minimum Gasteiger partial charge on any atom is -0.476 e. The van der Waals surface area contributed by atoms with Gasteiger partial charge in [0.1, 0.15) is 5.01 Å². The Bertz CT molecular complexity index is 762. The van der Waals surface area contributed by atoms with Gasteiger partial charge in [-0.05, 0) is 5.56 Å². The first kappa shape index (κ1) is 12.6. The lowest BCUT2D eigenvalue weighted by Gasteiger charge is -1.97. The largest absolute Gasteiger partial charge is 0.476 e. The number of carboxylic acid groups (broad SMARTS) is 1. The van der Waals surface area contributed by atoms with E-state index in [2.05, 4.69) is 9.97 Å². The van der Waals surface area contributed by atoms with Gasteiger partial charge in [-0.15, -0.1) is 11.3 Å². The van der Waals surface area contributed by atoms with Crippen LogP contribution in [0.3, 0.4) is 0 Å². The molecule has 0 unspecified atom stereocenters. The third-order valence-corrected chi connectivity index (χ3v) is 4.03. The molecule has 0 aliphatic carbocycles. The van der Waals surface area contributed by atoms with Crippen molar-refractivity contribution in [2.45, 2.75) is 0 Å². The zero-order valence-electron chi connectivity index (χ0n) is 10.6. The molecule has 6 heteroatoms. The van der Waals surface area contributed by atoms with Crippen molar-refractivity contribution < 1.29 is 9.90 Å². The number of aromatic nitrogens is 3. The number of rotatable bonds is 3. The van der Waals surface area contributed by atoms with Gasteiger partial charge < -0.3 is 9.67 Å². The topological polar surface area (TPSA) is 68.0 Å². The fraction of sp³-hybridized carbons (Fsp3) is 0.0714. The minimum absolute atomic E-state index is 0.0809. The van der Waals surface area contributed by atoms with E-state index in [1.807, 2.05) is 41.9 Å². The summed E-state index contributed by atoms with van der Waals surface area (Å²) in [6.45, 7) is 0. The third kappa shape index (κ3) is 2.10. The highest BCUT2D eigenvalue weighted by Gasteiger charge is 2.20. The maximum absolute atomic E-state index is 11.4. The van der Waals surface area contributed by atoms with Gasteiger partial charge in [0.25, 0.3) is 0 Å². The van der Waals surface area contributed by atoms with Gasteiger partial charge in [-0.3, -0.25) is 0 Å². The van der Waals surface area contributed by atoms with E-state index in [0.717, 1.165) is 11.3 Å². The number of thiazole rings is 1. The van der Waals surface area contributed by atoms with Crippen LogP contribution in [0.1, 0.15) is 10.5 Å². The molecule has 1 aromatic carbocycles. The molecule has 0 atom stereocenters. The molecule has 0 saturated carbocycles. The van der Waals surface area contributed by atoms with Crippen LogP contribution >= 0.6 is 11.3 Å². The molecule has 0 fully saturated rings. The maximum atomic E-state index is 11.4. The molecule has 3 aromatic rings. The van der Waals surface area contributed by atoms with Crippen molar-refractivity contribution >= 4 is 17.3 Å². The summed E-state index contributed by atoms with van der Waals surface area (Å²) < 4.78 is 1.82. The van der Waals surface area contributed by atoms with Crippen molar-refractivity contribution in [1.82, 2.24) is 14.5 Å². The predicted octanol–water partition coefficient (Wildman–Crippen LogP) is 2.91. The Kier molecular flexibility index (Phi) is 3.08. The van der Waals surface area contributed by atoms with E-state index < -0.39 is 5.97 Å². The van der Waals surface area contributed by atoms with Crippen LogP contribution in [0.2, 0.25) is 0 Å². The summed E-state index contributed by atoms with van der Waals surface area (Å²) in [7, 11) is 1.85. The zero-order valence-corrected chi connectivity index (χ0v) is 11.5. The summed E-state index contributed by atoms with van der Waals surface area (Å²) >= 11 is 1.36. The van der Waals surface area contributed by atoms with E-state index in [1.54, 1.807) is 12.5 Å². The highest BCUT2D eigenvalue weighted by atomic mass is 32.1. The van der Waals surface area contributed by atoms with Gasteiger partial charge in [0.2, 0.25) is 0 Å². The van der Waals surface area contributed by atoms with E-state index >= 15 is 0 Å². The van der Waals surface area contributed by atoms with Crippen molar-refractivity contribution in [2.75, 3.05) is 0 Å². The summed E-state index contributed by atoms with van der Waals surface area (Å²) in [5.74, 6) is -1.02. The van der Waals surface area contributed by atoms with E-state index in [4.69, 9.17) is 0 Å². The summed E-state index contributed by atoms with van der Waals surface area (Å²) in [6, 6.07) is 9.42. The number of nitrogens with zero attached hydrogens (tertiary/aromatic N) is 3. The second-order valence-corrected chi connectivity index (χ2v) is 5.26. The van der Waals surface area contributed by atoms with Crippen LogP contribution < -0.4 is 0 Å². The smallest absolute Gasteiger partial charge is 0.356 e. The quantitative estimate of drug-likeness (QED) is 0.803. The maximum Gasteiger partial charge on any atom is 0.356 e. The summed E-state index contributed by atoms with van der Waals surface area (Å²) in [4.78, 5) is 20.3. The molecule has 0 saturated heterocycles. The number of carbonyl (C=O) groups is 1. The summed E-state index contributed by atoms with van der Waals surface area (Å²) in [5.41, 5.74) is 1.74. The molecule has 5 nitrogen and oxygen atoms in total. The minimum atomic E-state index is -1.02. The summed E-state index contributed by atoms with van der Waals surface area (Å²) in [6.07, 6.45) is 3.35. The second-order valence-electron chi connectivity index (χ2n) is 4.26. The number of aromatic carboxylic acids is 1. The van der Waals surface area contributed by atoms with E-state index in [-0.39, 0.29) is 5.69 Å². The number of aryl methyl sites for hydroxylation is 1. The molecule has 2 heterocycles. The lowest BCUT2D eigenvalue weighted by atomic mass is 10.1. The molecule has 2 aromatic heterocycles. The molecule has 1 N–H and O–H groups in total. The first-order valence-electron chi connectivity index (χ1n) is 5.93. The zero-order chi connectivity index (χ0) is 14.1. The first-order valence-corrected chi connectivity index (χ1v) is 6.74. The Hall–Kier alpha value is -2.47. The molecule has 0 amide bonds. The van der Waals surface area contributed by atoms with Crippen LogP contribution in [0.5, 0.6) is 0 Å².